The van der Waals surface area contributed by atoms with Crippen molar-refractivity contribution in [3.8, 4) is 0 Å². The average molecular weight is 466 g/mol. The van der Waals surface area contributed by atoms with Crippen LogP contribution in [-0.2, 0) is 9.59 Å². The molecule has 1 N–H and O–H groups in total. The predicted octanol–water partition coefficient (Wildman–Crippen LogP) is 5.45. The van der Waals surface area contributed by atoms with Crippen molar-refractivity contribution in [2.45, 2.75) is 10.8 Å². The van der Waals surface area contributed by atoms with Crippen LogP contribution in [0.4, 0.5) is 17.1 Å². The van der Waals surface area contributed by atoms with Crippen LogP contribution in [0.25, 0.3) is 0 Å². The maximum Gasteiger partial charge on any atom is 0.246 e. The van der Waals surface area contributed by atoms with Gasteiger partial charge in [-0.1, -0.05) is 42.5 Å². The fourth-order valence-electron chi connectivity index (χ4n) is 3.57. The number of carbonyl (C=O) groups excluding carboxylic acids is 2. The van der Waals surface area contributed by atoms with E-state index in [2.05, 4.69) is 5.32 Å². The number of anilines is 3. The third kappa shape index (κ3) is 4.76. The van der Waals surface area contributed by atoms with E-state index in [-0.39, 0.29) is 17.2 Å². The molecule has 4 rings (SSSR count). The highest BCUT2D eigenvalue weighted by Crippen LogP contribution is 2.42. The molecule has 5 nitrogen and oxygen atoms in total. The number of thioether (sulfide) groups is 1. The molecule has 32 heavy (non-hydrogen) atoms. The van der Waals surface area contributed by atoms with Crippen LogP contribution in [0.5, 0.6) is 0 Å². The Morgan fingerprint density at radius 3 is 2.31 bits per heavy atom. The van der Waals surface area contributed by atoms with E-state index in [1.807, 2.05) is 103 Å². The number of benzene rings is 3. The smallest absolute Gasteiger partial charge is 0.246 e. The van der Waals surface area contributed by atoms with Gasteiger partial charge in [0.25, 0.3) is 0 Å². The van der Waals surface area contributed by atoms with Gasteiger partial charge in [0, 0.05) is 31.2 Å². The van der Waals surface area contributed by atoms with Crippen LogP contribution in [0.1, 0.15) is 21.9 Å². The van der Waals surface area contributed by atoms with Gasteiger partial charge in [0.1, 0.15) is 10.8 Å². The molecule has 7 heteroatoms. The molecule has 3 aromatic rings. The zero-order chi connectivity index (χ0) is 22.7. The topological polar surface area (TPSA) is 52.6 Å². The van der Waals surface area contributed by atoms with Crippen molar-refractivity contribution < 1.29 is 9.59 Å². The Hall–Kier alpha value is -2.96. The maximum atomic E-state index is 12.6. The summed E-state index contributed by atoms with van der Waals surface area (Å²) in [5.41, 5.74) is 4.37. The molecular formula is C25H24ClN3O2S. The number of nitrogens with one attached hydrogen (secondary N) is 1. The fourth-order valence-corrected chi connectivity index (χ4v) is 4.95. The second-order valence-corrected chi connectivity index (χ2v) is 9.23. The number of nitrogens with zero attached hydrogens (tertiary/aromatic N) is 2. The summed E-state index contributed by atoms with van der Waals surface area (Å²) in [7, 11) is 3.97. The van der Waals surface area contributed by atoms with E-state index in [0.717, 1.165) is 22.5 Å². The van der Waals surface area contributed by atoms with Crippen molar-refractivity contribution in [3.63, 3.8) is 0 Å². The molecule has 1 saturated heterocycles. The molecule has 1 fully saturated rings. The minimum Gasteiger partial charge on any atom is -0.378 e. The minimum absolute atomic E-state index is 0.0859. The molecule has 164 valence electrons. The zero-order valence-corrected chi connectivity index (χ0v) is 19.4. The molecule has 1 aliphatic rings. The third-order valence-corrected chi connectivity index (χ3v) is 6.96. The summed E-state index contributed by atoms with van der Waals surface area (Å²) in [6.45, 7) is 0. The van der Waals surface area contributed by atoms with Crippen molar-refractivity contribution in [2.75, 3.05) is 35.0 Å². The first-order valence-corrected chi connectivity index (χ1v) is 11.7. The Balaban J connectivity index is 1.48. The second-order valence-electron chi connectivity index (χ2n) is 7.72. The summed E-state index contributed by atoms with van der Waals surface area (Å²) in [4.78, 5) is 29.0. The number of amides is 2. The highest BCUT2D eigenvalue weighted by molar-refractivity contribution is 8.00. The van der Waals surface area contributed by atoms with E-state index in [1.165, 1.54) is 0 Å². The largest absolute Gasteiger partial charge is 0.378 e. The molecule has 0 bridgehead atoms. The van der Waals surface area contributed by atoms with Gasteiger partial charge >= 0.3 is 0 Å². The lowest BCUT2D eigenvalue weighted by Gasteiger charge is -2.25. The molecule has 0 unspecified atom stereocenters. The van der Waals surface area contributed by atoms with Crippen LogP contribution in [-0.4, -0.2) is 31.7 Å². The number of rotatable bonds is 6. The molecule has 1 heterocycles. The molecule has 0 radical (unpaired) electrons. The van der Waals surface area contributed by atoms with Gasteiger partial charge in [-0.3, -0.25) is 14.5 Å². The first-order valence-electron chi connectivity index (χ1n) is 10.2. The van der Waals surface area contributed by atoms with Crippen LogP contribution in [0.15, 0.2) is 78.9 Å². The van der Waals surface area contributed by atoms with Gasteiger partial charge in [-0.25, -0.2) is 0 Å². The molecule has 2 amide bonds. The zero-order valence-electron chi connectivity index (χ0n) is 17.9. The summed E-state index contributed by atoms with van der Waals surface area (Å²) in [6.07, 6.45) is 0. The van der Waals surface area contributed by atoms with Gasteiger partial charge in [0.05, 0.1) is 5.75 Å². The normalized spacial score (nSPS) is 16.7. The van der Waals surface area contributed by atoms with E-state index in [1.54, 1.807) is 11.8 Å². The van der Waals surface area contributed by atoms with E-state index in [9.17, 15) is 9.59 Å². The molecular weight excluding hydrogens is 442 g/mol. The van der Waals surface area contributed by atoms with Crippen molar-refractivity contribution in [1.29, 1.82) is 0 Å². The first kappa shape index (κ1) is 22.2. The fraction of sp³-hybridized carbons (Fsp3) is 0.200. The number of hydrogen-bond acceptors (Lipinski definition) is 4. The van der Waals surface area contributed by atoms with E-state index >= 15 is 0 Å². The Morgan fingerprint density at radius 2 is 1.69 bits per heavy atom. The van der Waals surface area contributed by atoms with Gasteiger partial charge in [0.15, 0.2) is 0 Å². The van der Waals surface area contributed by atoms with Crippen molar-refractivity contribution in [1.82, 2.24) is 0 Å². The Bertz CT molecular complexity index is 1090. The lowest BCUT2D eigenvalue weighted by molar-refractivity contribution is -0.116. The molecule has 1 aliphatic heterocycles. The maximum absolute atomic E-state index is 12.6. The van der Waals surface area contributed by atoms with Gasteiger partial charge in [-0.05, 0) is 47.5 Å². The van der Waals surface area contributed by atoms with Crippen LogP contribution in [0, 0.1) is 0 Å². The minimum atomic E-state index is -0.764. The molecule has 0 aliphatic carbocycles. The van der Waals surface area contributed by atoms with Crippen LogP contribution < -0.4 is 15.1 Å². The van der Waals surface area contributed by atoms with Crippen molar-refractivity contribution in [3.05, 3.63) is 90.0 Å². The standard InChI is InChI=1S/C25H24ClN3O2S/c1-28(2)20-12-14-21(15-13-20)29-22(30)16-32-25(29)18-8-10-19(11-9-18)27-24(31)23(26)17-6-4-3-5-7-17/h3-15,23,25H,16H2,1-2H3,(H,27,31)/t23-,25-/m0/s1. The highest BCUT2D eigenvalue weighted by Gasteiger charge is 2.34. The summed E-state index contributed by atoms with van der Waals surface area (Å²) in [5.74, 6) is 0.241. The van der Waals surface area contributed by atoms with Gasteiger partial charge in [-0.15, -0.1) is 23.4 Å². The number of halogens is 1. The SMILES string of the molecule is CN(C)c1ccc(N2C(=O)CS[C@H]2c2ccc(NC(=O)[C@@H](Cl)c3ccccc3)cc2)cc1. The van der Waals surface area contributed by atoms with E-state index in [4.69, 9.17) is 11.6 Å². The van der Waals surface area contributed by atoms with Crippen molar-refractivity contribution in [2.24, 2.45) is 0 Å². The molecule has 0 saturated carbocycles. The van der Waals surface area contributed by atoms with Crippen LogP contribution >= 0.6 is 23.4 Å². The molecule has 0 aromatic heterocycles. The summed E-state index contributed by atoms with van der Waals surface area (Å²) < 4.78 is 0. The summed E-state index contributed by atoms with van der Waals surface area (Å²) in [6, 6.07) is 24.8. The number of alkyl halides is 1. The van der Waals surface area contributed by atoms with Crippen molar-refractivity contribution >= 4 is 52.2 Å². The van der Waals surface area contributed by atoms with Gasteiger partial charge < -0.3 is 10.2 Å². The summed E-state index contributed by atoms with van der Waals surface area (Å²) >= 11 is 7.91. The Labute approximate surface area is 197 Å². The number of carbonyl (C=O) groups is 2. The van der Waals surface area contributed by atoms with Crippen LogP contribution in [0.2, 0.25) is 0 Å². The average Bonchev–Trinajstić information content (AvgIpc) is 3.21. The predicted molar refractivity (Wildman–Crippen MR) is 134 cm³/mol. The van der Waals surface area contributed by atoms with Gasteiger partial charge in [0.2, 0.25) is 11.8 Å². The third-order valence-electron chi connectivity index (χ3n) is 5.30. The Kier molecular flexibility index (Phi) is 6.72. The second kappa shape index (κ2) is 9.67. The first-order chi connectivity index (χ1) is 15.4. The van der Waals surface area contributed by atoms with Gasteiger partial charge in [-0.2, -0.15) is 0 Å². The van der Waals surface area contributed by atoms with Crippen LogP contribution in [0.3, 0.4) is 0 Å². The Morgan fingerprint density at radius 1 is 1.03 bits per heavy atom. The van der Waals surface area contributed by atoms with E-state index in [0.29, 0.717) is 11.4 Å². The monoisotopic (exact) mass is 465 g/mol. The lowest BCUT2D eigenvalue weighted by Crippen LogP contribution is -2.27. The molecule has 2 atom stereocenters. The summed E-state index contributed by atoms with van der Waals surface area (Å²) in [5, 5.41) is 1.99. The molecule has 3 aromatic carbocycles. The van der Waals surface area contributed by atoms with E-state index < -0.39 is 5.38 Å². The molecule has 0 spiro atoms. The lowest BCUT2D eigenvalue weighted by atomic mass is 10.1. The number of hydrogen-bond donors (Lipinski definition) is 1. The highest BCUT2D eigenvalue weighted by atomic mass is 35.5. The quantitative estimate of drug-likeness (QED) is 0.492.